The van der Waals surface area contributed by atoms with E-state index in [1.165, 1.54) is 19.3 Å². The molecule has 4 aliphatic rings. The van der Waals surface area contributed by atoms with Gasteiger partial charge in [0.25, 0.3) is 0 Å². The Balaban J connectivity index is 1.28. The van der Waals surface area contributed by atoms with Gasteiger partial charge in [0.15, 0.2) is 5.82 Å². The van der Waals surface area contributed by atoms with E-state index in [9.17, 15) is 4.79 Å². The van der Waals surface area contributed by atoms with Crippen molar-refractivity contribution in [1.29, 1.82) is 0 Å². The maximum atomic E-state index is 13.5. The SMILES string of the molecule is O=C([C@H]1[C@H]2CC[C@H](C2)[C@@H]1c1nc(C2CC2)no1)N1CCn2ccnc2C1. The van der Waals surface area contributed by atoms with Crippen molar-refractivity contribution < 1.29 is 9.32 Å². The van der Waals surface area contributed by atoms with Crippen LogP contribution >= 0.6 is 0 Å². The molecule has 26 heavy (non-hydrogen) atoms. The molecule has 0 N–H and O–H groups in total. The van der Waals surface area contributed by atoms with Crippen LogP contribution in [0.15, 0.2) is 16.9 Å². The van der Waals surface area contributed by atoms with Gasteiger partial charge < -0.3 is 14.0 Å². The highest BCUT2D eigenvalue weighted by atomic mass is 16.5. The molecule has 3 saturated carbocycles. The molecule has 0 saturated heterocycles. The number of imidazole rings is 1. The molecule has 0 radical (unpaired) electrons. The molecule has 7 nitrogen and oxygen atoms in total. The van der Waals surface area contributed by atoms with Crippen LogP contribution in [0.25, 0.3) is 0 Å². The van der Waals surface area contributed by atoms with Gasteiger partial charge >= 0.3 is 0 Å². The van der Waals surface area contributed by atoms with E-state index < -0.39 is 0 Å². The number of aromatic nitrogens is 4. The van der Waals surface area contributed by atoms with Crippen molar-refractivity contribution >= 4 is 5.91 Å². The van der Waals surface area contributed by atoms with Crippen molar-refractivity contribution in [2.45, 2.75) is 57.0 Å². The van der Waals surface area contributed by atoms with Crippen molar-refractivity contribution in [3.8, 4) is 0 Å². The smallest absolute Gasteiger partial charge is 0.230 e. The lowest BCUT2D eigenvalue weighted by molar-refractivity contribution is -0.139. The number of carbonyl (C=O) groups excluding carboxylic acids is 1. The molecule has 6 rings (SSSR count). The molecular weight excluding hydrogens is 330 g/mol. The monoisotopic (exact) mass is 353 g/mol. The summed E-state index contributed by atoms with van der Waals surface area (Å²) in [6.07, 6.45) is 9.62. The van der Waals surface area contributed by atoms with Crippen LogP contribution in [0.1, 0.15) is 61.5 Å². The van der Waals surface area contributed by atoms with Crippen LogP contribution in [0.4, 0.5) is 0 Å². The molecule has 3 aliphatic carbocycles. The maximum absolute atomic E-state index is 13.5. The zero-order valence-electron chi connectivity index (χ0n) is 14.8. The molecule has 2 bridgehead atoms. The molecule has 1 amide bonds. The second-order valence-corrected chi connectivity index (χ2v) is 8.45. The summed E-state index contributed by atoms with van der Waals surface area (Å²) >= 11 is 0. The number of carbonyl (C=O) groups is 1. The van der Waals surface area contributed by atoms with Crippen molar-refractivity contribution in [2.24, 2.45) is 17.8 Å². The Morgan fingerprint density at radius 1 is 1.15 bits per heavy atom. The number of nitrogens with zero attached hydrogens (tertiary/aromatic N) is 5. The van der Waals surface area contributed by atoms with Crippen LogP contribution in [-0.2, 0) is 17.9 Å². The quantitative estimate of drug-likeness (QED) is 0.846. The van der Waals surface area contributed by atoms with Crippen molar-refractivity contribution in [3.05, 3.63) is 29.9 Å². The molecule has 0 spiro atoms. The Bertz CT molecular complexity index is 854. The molecule has 136 valence electrons. The number of fused-ring (bicyclic) bond motifs is 3. The third-order valence-corrected chi connectivity index (χ3v) is 6.94. The normalized spacial score (nSPS) is 32.8. The van der Waals surface area contributed by atoms with Gasteiger partial charge in [-0.3, -0.25) is 4.79 Å². The summed E-state index contributed by atoms with van der Waals surface area (Å²) in [6.45, 7) is 2.21. The molecule has 3 fully saturated rings. The summed E-state index contributed by atoms with van der Waals surface area (Å²) in [5.41, 5.74) is 0. The predicted octanol–water partition coefficient (Wildman–Crippen LogP) is 2.32. The van der Waals surface area contributed by atoms with Crippen LogP contribution < -0.4 is 0 Å². The first kappa shape index (κ1) is 14.9. The fraction of sp³-hybridized carbons (Fsp3) is 0.684. The highest BCUT2D eigenvalue weighted by Gasteiger charge is 2.54. The van der Waals surface area contributed by atoms with Gasteiger partial charge in [0.1, 0.15) is 5.82 Å². The van der Waals surface area contributed by atoms with Crippen LogP contribution in [0.5, 0.6) is 0 Å². The highest BCUT2D eigenvalue weighted by molar-refractivity contribution is 5.81. The van der Waals surface area contributed by atoms with E-state index in [-0.39, 0.29) is 17.7 Å². The summed E-state index contributed by atoms with van der Waals surface area (Å²) in [7, 11) is 0. The van der Waals surface area contributed by atoms with E-state index in [1.807, 2.05) is 17.3 Å². The minimum atomic E-state index is 0.00256. The molecule has 0 unspecified atom stereocenters. The highest BCUT2D eigenvalue weighted by Crippen LogP contribution is 2.57. The first-order valence-electron chi connectivity index (χ1n) is 9.90. The average molecular weight is 353 g/mol. The van der Waals surface area contributed by atoms with E-state index in [0.29, 0.717) is 24.3 Å². The summed E-state index contributed by atoms with van der Waals surface area (Å²) in [5.74, 6) is 4.42. The largest absolute Gasteiger partial charge is 0.339 e. The average Bonchev–Trinajstić information content (AvgIpc) is 3.10. The molecule has 0 aromatic carbocycles. The zero-order chi connectivity index (χ0) is 17.3. The number of hydrogen-bond donors (Lipinski definition) is 0. The number of amides is 1. The maximum Gasteiger partial charge on any atom is 0.230 e. The van der Waals surface area contributed by atoms with Crippen LogP contribution in [-0.4, -0.2) is 37.0 Å². The van der Waals surface area contributed by atoms with Gasteiger partial charge in [-0.1, -0.05) is 5.16 Å². The van der Waals surface area contributed by atoms with Crippen LogP contribution in [0.2, 0.25) is 0 Å². The third-order valence-electron chi connectivity index (χ3n) is 6.94. The lowest BCUT2D eigenvalue weighted by Gasteiger charge is -2.34. The number of hydrogen-bond acceptors (Lipinski definition) is 5. The van der Waals surface area contributed by atoms with Gasteiger partial charge in [0.05, 0.1) is 18.4 Å². The molecule has 3 heterocycles. The fourth-order valence-corrected chi connectivity index (χ4v) is 5.46. The summed E-state index contributed by atoms with van der Waals surface area (Å²) in [6, 6.07) is 0. The van der Waals surface area contributed by atoms with Gasteiger partial charge in [-0.25, -0.2) is 4.98 Å². The summed E-state index contributed by atoms with van der Waals surface area (Å²) in [5, 5.41) is 4.21. The van der Waals surface area contributed by atoms with Crippen molar-refractivity contribution in [1.82, 2.24) is 24.6 Å². The van der Waals surface area contributed by atoms with Crippen LogP contribution in [0, 0.1) is 17.8 Å². The Kier molecular flexibility index (Phi) is 3.11. The van der Waals surface area contributed by atoms with E-state index >= 15 is 0 Å². The van der Waals surface area contributed by atoms with Crippen molar-refractivity contribution in [2.75, 3.05) is 6.54 Å². The van der Waals surface area contributed by atoms with E-state index in [0.717, 1.165) is 43.5 Å². The molecule has 4 atom stereocenters. The molecular formula is C19H23N5O2. The molecule has 1 aliphatic heterocycles. The lowest BCUT2D eigenvalue weighted by Crippen LogP contribution is -2.44. The Morgan fingerprint density at radius 3 is 2.92 bits per heavy atom. The lowest BCUT2D eigenvalue weighted by atomic mass is 9.78. The first-order chi connectivity index (χ1) is 12.8. The molecule has 2 aromatic rings. The topological polar surface area (TPSA) is 77.0 Å². The van der Waals surface area contributed by atoms with Crippen molar-refractivity contribution in [3.63, 3.8) is 0 Å². The Labute approximate surface area is 151 Å². The van der Waals surface area contributed by atoms with E-state index in [1.54, 1.807) is 0 Å². The molecule has 7 heteroatoms. The van der Waals surface area contributed by atoms with Gasteiger partial charge in [0, 0.05) is 31.4 Å². The second kappa shape index (κ2) is 5.41. The van der Waals surface area contributed by atoms with Crippen LogP contribution in [0.3, 0.4) is 0 Å². The first-order valence-corrected chi connectivity index (χ1v) is 9.90. The zero-order valence-corrected chi connectivity index (χ0v) is 14.8. The fourth-order valence-electron chi connectivity index (χ4n) is 5.46. The Hall–Kier alpha value is -2.18. The predicted molar refractivity (Wildman–Crippen MR) is 91.0 cm³/mol. The standard InChI is InChI=1S/C19H23N5O2/c25-19(24-8-7-23-6-5-20-14(23)10-24)16-13-4-3-12(9-13)15(16)18-21-17(22-26-18)11-1-2-11/h5-6,11-13,15-16H,1-4,7-10H2/t12-,13+,15+,16+/m1/s1. The summed E-state index contributed by atoms with van der Waals surface area (Å²) in [4.78, 5) is 24.6. The minimum absolute atomic E-state index is 0.00256. The second-order valence-electron chi connectivity index (χ2n) is 8.45. The third kappa shape index (κ3) is 2.18. The number of rotatable bonds is 3. The molecule has 2 aromatic heterocycles. The van der Waals surface area contributed by atoms with E-state index in [2.05, 4.69) is 14.7 Å². The van der Waals surface area contributed by atoms with E-state index in [4.69, 9.17) is 9.51 Å². The van der Waals surface area contributed by atoms with Gasteiger partial charge in [-0.15, -0.1) is 0 Å². The minimum Gasteiger partial charge on any atom is -0.339 e. The van der Waals surface area contributed by atoms with Gasteiger partial charge in [0.2, 0.25) is 11.8 Å². The van der Waals surface area contributed by atoms with Gasteiger partial charge in [-0.05, 0) is 43.9 Å². The Morgan fingerprint density at radius 2 is 2.04 bits per heavy atom. The van der Waals surface area contributed by atoms with Gasteiger partial charge in [-0.2, -0.15) is 4.98 Å². The summed E-state index contributed by atoms with van der Waals surface area (Å²) < 4.78 is 7.81.